The molecule has 1 heterocycles. The second kappa shape index (κ2) is 7.33. The lowest BCUT2D eigenvalue weighted by molar-refractivity contribution is 0.128. The zero-order valence-electron chi connectivity index (χ0n) is 13.1. The molecule has 1 aliphatic carbocycles. The molecule has 1 N–H and O–H groups in total. The number of likely N-dealkylation sites (tertiary alicyclic amines) is 1. The summed E-state index contributed by atoms with van der Waals surface area (Å²) in [4.78, 5) is 2.75. The lowest BCUT2D eigenvalue weighted by Gasteiger charge is -2.44. The van der Waals surface area contributed by atoms with Crippen LogP contribution in [0.3, 0.4) is 0 Å². The highest BCUT2D eigenvalue weighted by molar-refractivity contribution is 8.00. The topological polar surface area (TPSA) is 15.3 Å². The van der Waals surface area contributed by atoms with Gasteiger partial charge in [-0.15, -0.1) is 0 Å². The third-order valence-corrected chi connectivity index (χ3v) is 6.57. The van der Waals surface area contributed by atoms with Crippen molar-refractivity contribution in [1.82, 2.24) is 10.2 Å². The molecule has 0 aromatic carbocycles. The SMILES string of the molecule is CCNC1CCN(CC2(SC)CCCCC2)CC1C. The second-order valence-electron chi connectivity index (χ2n) is 6.61. The molecule has 0 aromatic heterocycles. The fourth-order valence-corrected chi connectivity index (χ4v) is 4.98. The largest absolute Gasteiger partial charge is 0.314 e. The lowest BCUT2D eigenvalue weighted by atomic mass is 9.86. The van der Waals surface area contributed by atoms with E-state index in [0.29, 0.717) is 4.75 Å². The fraction of sp³-hybridized carbons (Fsp3) is 1.00. The quantitative estimate of drug-likeness (QED) is 0.833. The molecule has 2 nitrogen and oxygen atoms in total. The highest BCUT2D eigenvalue weighted by Gasteiger charge is 2.35. The van der Waals surface area contributed by atoms with E-state index in [1.54, 1.807) is 0 Å². The van der Waals surface area contributed by atoms with Gasteiger partial charge in [0.25, 0.3) is 0 Å². The van der Waals surface area contributed by atoms with Gasteiger partial charge in [0.2, 0.25) is 0 Å². The molecular formula is C16H32N2S. The van der Waals surface area contributed by atoms with Gasteiger partial charge in [-0.05, 0) is 44.5 Å². The first-order valence-electron chi connectivity index (χ1n) is 8.20. The maximum absolute atomic E-state index is 3.65. The van der Waals surface area contributed by atoms with Crippen LogP contribution in [0.1, 0.15) is 52.4 Å². The van der Waals surface area contributed by atoms with Crippen molar-refractivity contribution >= 4 is 11.8 Å². The van der Waals surface area contributed by atoms with Gasteiger partial charge in [0.15, 0.2) is 0 Å². The Balaban J connectivity index is 1.86. The molecule has 2 rings (SSSR count). The van der Waals surface area contributed by atoms with Gasteiger partial charge in [-0.25, -0.2) is 0 Å². The molecule has 0 amide bonds. The molecule has 112 valence electrons. The van der Waals surface area contributed by atoms with E-state index in [2.05, 4.69) is 42.1 Å². The average molecular weight is 285 g/mol. The normalized spacial score (nSPS) is 32.4. The number of rotatable bonds is 5. The third-order valence-electron chi connectivity index (χ3n) is 5.17. The van der Waals surface area contributed by atoms with Gasteiger partial charge in [0, 0.05) is 23.9 Å². The van der Waals surface area contributed by atoms with Crippen LogP contribution in [0, 0.1) is 5.92 Å². The van der Waals surface area contributed by atoms with Crippen molar-refractivity contribution in [1.29, 1.82) is 0 Å². The van der Waals surface area contributed by atoms with Crippen LogP contribution < -0.4 is 5.32 Å². The Labute approximate surface area is 124 Å². The third kappa shape index (κ3) is 4.12. The first-order chi connectivity index (χ1) is 9.19. The molecule has 2 fully saturated rings. The Morgan fingerprint density at radius 1 is 1.26 bits per heavy atom. The Kier molecular flexibility index (Phi) is 6.04. The summed E-state index contributed by atoms with van der Waals surface area (Å²) in [5, 5.41) is 3.65. The molecule has 2 aliphatic rings. The average Bonchev–Trinajstić information content (AvgIpc) is 2.43. The van der Waals surface area contributed by atoms with E-state index in [1.165, 1.54) is 58.2 Å². The maximum atomic E-state index is 3.65. The second-order valence-corrected chi connectivity index (χ2v) is 7.89. The standard InChI is InChI=1S/C16H32N2S/c1-4-17-15-8-11-18(12-14(15)2)13-16(19-3)9-6-5-7-10-16/h14-15,17H,4-13H2,1-3H3. The highest BCUT2D eigenvalue weighted by atomic mass is 32.2. The van der Waals surface area contributed by atoms with Crippen LogP contribution in [0.15, 0.2) is 0 Å². The van der Waals surface area contributed by atoms with E-state index < -0.39 is 0 Å². The first kappa shape index (κ1) is 15.7. The monoisotopic (exact) mass is 284 g/mol. The van der Waals surface area contributed by atoms with Crippen molar-refractivity contribution in [3.8, 4) is 0 Å². The van der Waals surface area contributed by atoms with Crippen molar-refractivity contribution in [2.45, 2.75) is 63.2 Å². The summed E-state index contributed by atoms with van der Waals surface area (Å²) < 4.78 is 0.572. The predicted molar refractivity (Wildman–Crippen MR) is 87.0 cm³/mol. The van der Waals surface area contributed by atoms with Gasteiger partial charge >= 0.3 is 0 Å². The van der Waals surface area contributed by atoms with Gasteiger partial charge in [0.1, 0.15) is 0 Å². The predicted octanol–water partition coefficient (Wildman–Crippen LogP) is 3.37. The summed E-state index contributed by atoms with van der Waals surface area (Å²) in [5.41, 5.74) is 0. The molecule has 0 bridgehead atoms. The highest BCUT2D eigenvalue weighted by Crippen LogP contribution is 2.39. The molecular weight excluding hydrogens is 252 g/mol. The molecule has 1 aliphatic heterocycles. The number of hydrogen-bond acceptors (Lipinski definition) is 3. The van der Waals surface area contributed by atoms with E-state index in [0.717, 1.165) is 18.5 Å². The van der Waals surface area contributed by atoms with Crippen LogP contribution in [0.4, 0.5) is 0 Å². The molecule has 0 aromatic rings. The van der Waals surface area contributed by atoms with Crippen molar-refractivity contribution in [2.24, 2.45) is 5.92 Å². The van der Waals surface area contributed by atoms with E-state index >= 15 is 0 Å². The molecule has 2 atom stereocenters. The summed E-state index contributed by atoms with van der Waals surface area (Å²) in [5.74, 6) is 0.802. The summed E-state index contributed by atoms with van der Waals surface area (Å²) in [7, 11) is 0. The molecule has 1 saturated carbocycles. The van der Waals surface area contributed by atoms with Gasteiger partial charge in [-0.2, -0.15) is 11.8 Å². The van der Waals surface area contributed by atoms with E-state index in [9.17, 15) is 0 Å². The Hall–Kier alpha value is 0.270. The van der Waals surface area contributed by atoms with Crippen LogP contribution in [-0.2, 0) is 0 Å². The fourth-order valence-electron chi connectivity index (χ4n) is 3.97. The Morgan fingerprint density at radius 3 is 2.58 bits per heavy atom. The van der Waals surface area contributed by atoms with E-state index in [-0.39, 0.29) is 0 Å². The molecule has 0 spiro atoms. The van der Waals surface area contributed by atoms with Crippen molar-refractivity contribution in [3.05, 3.63) is 0 Å². The van der Waals surface area contributed by atoms with Crippen LogP contribution >= 0.6 is 11.8 Å². The Morgan fingerprint density at radius 2 is 2.00 bits per heavy atom. The number of thioether (sulfide) groups is 1. The van der Waals surface area contributed by atoms with Gasteiger partial charge in [0.05, 0.1) is 0 Å². The zero-order chi connectivity index (χ0) is 13.7. The van der Waals surface area contributed by atoms with Gasteiger partial charge in [-0.3, -0.25) is 0 Å². The first-order valence-corrected chi connectivity index (χ1v) is 9.42. The zero-order valence-corrected chi connectivity index (χ0v) is 13.9. The summed E-state index contributed by atoms with van der Waals surface area (Å²) in [6.45, 7) is 9.68. The molecule has 3 heteroatoms. The van der Waals surface area contributed by atoms with Crippen LogP contribution in [0.5, 0.6) is 0 Å². The minimum absolute atomic E-state index is 0.572. The lowest BCUT2D eigenvalue weighted by Crippen LogP contribution is -2.52. The van der Waals surface area contributed by atoms with Crippen molar-refractivity contribution in [2.75, 3.05) is 32.4 Å². The minimum atomic E-state index is 0.572. The van der Waals surface area contributed by atoms with Gasteiger partial charge < -0.3 is 10.2 Å². The van der Waals surface area contributed by atoms with Crippen molar-refractivity contribution in [3.63, 3.8) is 0 Å². The number of hydrogen-bond donors (Lipinski definition) is 1. The molecule has 2 unspecified atom stereocenters. The van der Waals surface area contributed by atoms with Crippen molar-refractivity contribution < 1.29 is 0 Å². The Bertz CT molecular complexity index is 263. The summed E-state index contributed by atoms with van der Waals surface area (Å²) >= 11 is 2.14. The molecule has 0 radical (unpaired) electrons. The smallest absolute Gasteiger partial charge is 0.0284 e. The summed E-state index contributed by atoms with van der Waals surface area (Å²) in [6, 6.07) is 0.748. The molecule has 19 heavy (non-hydrogen) atoms. The van der Waals surface area contributed by atoms with Crippen LogP contribution in [0.25, 0.3) is 0 Å². The maximum Gasteiger partial charge on any atom is 0.0284 e. The minimum Gasteiger partial charge on any atom is -0.314 e. The van der Waals surface area contributed by atoms with Gasteiger partial charge in [-0.1, -0.05) is 33.1 Å². The number of nitrogens with zero attached hydrogens (tertiary/aromatic N) is 1. The van der Waals surface area contributed by atoms with E-state index in [1.807, 2.05) is 0 Å². The van der Waals surface area contributed by atoms with Crippen LogP contribution in [-0.4, -0.2) is 48.1 Å². The van der Waals surface area contributed by atoms with Crippen LogP contribution in [0.2, 0.25) is 0 Å². The summed E-state index contributed by atoms with van der Waals surface area (Å²) in [6.07, 6.45) is 10.9. The van der Waals surface area contributed by atoms with E-state index in [4.69, 9.17) is 0 Å². The number of piperidine rings is 1. The molecule has 1 saturated heterocycles. The number of nitrogens with one attached hydrogen (secondary N) is 1.